The SMILES string of the molecule is CN[C@H](CBr)CCC(=O)OC(C)(C)C. The van der Waals surface area contributed by atoms with Gasteiger partial charge in [-0.25, -0.2) is 0 Å². The molecule has 0 saturated heterocycles. The maximum Gasteiger partial charge on any atom is 0.306 e. The Morgan fingerprint density at radius 3 is 2.43 bits per heavy atom. The molecule has 0 heterocycles. The first kappa shape index (κ1) is 13.9. The normalized spacial score (nSPS) is 13.8. The number of carbonyl (C=O) groups is 1. The first-order valence-electron chi connectivity index (χ1n) is 4.84. The van der Waals surface area contributed by atoms with E-state index < -0.39 is 0 Å². The number of hydrogen-bond acceptors (Lipinski definition) is 3. The fraction of sp³-hybridized carbons (Fsp3) is 0.900. The summed E-state index contributed by atoms with van der Waals surface area (Å²) >= 11 is 3.37. The van der Waals surface area contributed by atoms with Crippen LogP contribution >= 0.6 is 15.9 Å². The van der Waals surface area contributed by atoms with E-state index in [0.717, 1.165) is 11.8 Å². The minimum absolute atomic E-state index is 0.126. The molecule has 0 bridgehead atoms. The van der Waals surface area contributed by atoms with E-state index in [1.807, 2.05) is 27.8 Å². The van der Waals surface area contributed by atoms with Crippen LogP contribution in [0.5, 0.6) is 0 Å². The van der Waals surface area contributed by atoms with Crippen molar-refractivity contribution in [2.45, 2.75) is 45.3 Å². The second-order valence-electron chi connectivity index (χ2n) is 4.27. The van der Waals surface area contributed by atoms with Crippen LogP contribution < -0.4 is 5.32 Å². The van der Waals surface area contributed by atoms with Crippen molar-refractivity contribution >= 4 is 21.9 Å². The molecule has 4 heteroatoms. The predicted molar refractivity (Wildman–Crippen MR) is 61.7 cm³/mol. The van der Waals surface area contributed by atoms with Crippen LogP contribution in [0.3, 0.4) is 0 Å². The Hall–Kier alpha value is -0.0900. The first-order chi connectivity index (χ1) is 6.39. The highest BCUT2D eigenvalue weighted by molar-refractivity contribution is 9.09. The molecule has 0 saturated carbocycles. The van der Waals surface area contributed by atoms with E-state index in [4.69, 9.17) is 4.74 Å². The number of ether oxygens (including phenoxy) is 1. The minimum Gasteiger partial charge on any atom is -0.460 e. The first-order valence-corrected chi connectivity index (χ1v) is 5.96. The van der Waals surface area contributed by atoms with Crippen LogP contribution in [0.2, 0.25) is 0 Å². The third-order valence-electron chi connectivity index (χ3n) is 1.71. The second kappa shape index (κ2) is 6.40. The molecule has 0 spiro atoms. The fourth-order valence-corrected chi connectivity index (χ4v) is 1.63. The van der Waals surface area contributed by atoms with E-state index in [-0.39, 0.29) is 11.6 Å². The van der Waals surface area contributed by atoms with Gasteiger partial charge < -0.3 is 10.1 Å². The summed E-state index contributed by atoms with van der Waals surface area (Å²) in [6, 6.07) is 0.336. The third kappa shape index (κ3) is 7.33. The van der Waals surface area contributed by atoms with Crippen LogP contribution in [-0.2, 0) is 9.53 Å². The Balaban J connectivity index is 3.74. The lowest BCUT2D eigenvalue weighted by atomic mass is 10.1. The molecule has 0 radical (unpaired) electrons. The smallest absolute Gasteiger partial charge is 0.306 e. The lowest BCUT2D eigenvalue weighted by Crippen LogP contribution is -2.29. The van der Waals surface area contributed by atoms with Crippen LogP contribution in [0.15, 0.2) is 0 Å². The molecule has 0 aromatic heterocycles. The largest absolute Gasteiger partial charge is 0.460 e. The van der Waals surface area contributed by atoms with Crippen molar-refractivity contribution in [2.24, 2.45) is 0 Å². The number of rotatable bonds is 5. The standard InChI is InChI=1S/C10H20BrNO2/c1-10(2,3)14-9(13)6-5-8(7-11)12-4/h8,12H,5-7H2,1-4H3/t8-/m0/s1. The molecule has 1 N–H and O–H groups in total. The van der Waals surface area contributed by atoms with Crippen molar-refractivity contribution in [3.8, 4) is 0 Å². The zero-order valence-electron chi connectivity index (χ0n) is 9.39. The number of hydrogen-bond donors (Lipinski definition) is 1. The van der Waals surface area contributed by atoms with Gasteiger partial charge in [-0.15, -0.1) is 0 Å². The lowest BCUT2D eigenvalue weighted by Gasteiger charge is -2.20. The number of alkyl halides is 1. The van der Waals surface area contributed by atoms with Crippen molar-refractivity contribution in [2.75, 3.05) is 12.4 Å². The Bertz CT molecular complexity index is 173. The van der Waals surface area contributed by atoms with Crippen molar-refractivity contribution < 1.29 is 9.53 Å². The summed E-state index contributed by atoms with van der Waals surface area (Å²) in [6.07, 6.45) is 1.27. The van der Waals surface area contributed by atoms with Gasteiger partial charge in [0.1, 0.15) is 5.60 Å². The molecule has 1 atom stereocenters. The van der Waals surface area contributed by atoms with Gasteiger partial charge in [-0.2, -0.15) is 0 Å². The van der Waals surface area contributed by atoms with Crippen molar-refractivity contribution in [3.05, 3.63) is 0 Å². The van der Waals surface area contributed by atoms with Gasteiger partial charge in [0.05, 0.1) is 0 Å². The maximum atomic E-state index is 11.3. The average Bonchev–Trinajstić information content (AvgIpc) is 2.03. The zero-order valence-corrected chi connectivity index (χ0v) is 11.0. The van der Waals surface area contributed by atoms with Crippen LogP contribution in [-0.4, -0.2) is 30.0 Å². The molecule has 0 aliphatic heterocycles. The Kier molecular flexibility index (Phi) is 6.36. The Labute approximate surface area is 94.7 Å². The summed E-state index contributed by atoms with van der Waals surface area (Å²) in [6.45, 7) is 5.64. The van der Waals surface area contributed by atoms with Gasteiger partial charge in [-0.1, -0.05) is 15.9 Å². The monoisotopic (exact) mass is 265 g/mol. The molecular weight excluding hydrogens is 246 g/mol. The number of esters is 1. The van der Waals surface area contributed by atoms with Gasteiger partial charge in [0.15, 0.2) is 0 Å². The van der Waals surface area contributed by atoms with Crippen LogP contribution in [0, 0.1) is 0 Å². The molecule has 0 fully saturated rings. The van der Waals surface area contributed by atoms with Gasteiger partial charge >= 0.3 is 5.97 Å². The molecule has 84 valence electrons. The van der Waals surface area contributed by atoms with E-state index in [1.165, 1.54) is 0 Å². The van der Waals surface area contributed by atoms with E-state index in [1.54, 1.807) is 0 Å². The minimum atomic E-state index is -0.374. The predicted octanol–water partition coefficient (Wildman–Crippen LogP) is 2.09. The van der Waals surface area contributed by atoms with Crippen LogP contribution in [0.4, 0.5) is 0 Å². The van der Waals surface area contributed by atoms with Crippen molar-refractivity contribution in [1.82, 2.24) is 5.32 Å². The molecule has 0 aromatic carbocycles. The molecule has 0 rings (SSSR count). The third-order valence-corrected chi connectivity index (χ3v) is 2.49. The molecule has 0 aliphatic carbocycles. The zero-order chi connectivity index (χ0) is 11.2. The van der Waals surface area contributed by atoms with Gasteiger partial charge in [0, 0.05) is 17.8 Å². The molecule has 0 amide bonds. The van der Waals surface area contributed by atoms with Crippen molar-refractivity contribution in [1.29, 1.82) is 0 Å². The van der Waals surface area contributed by atoms with Gasteiger partial charge in [-0.05, 0) is 34.2 Å². The molecular formula is C10H20BrNO2. The van der Waals surface area contributed by atoms with Crippen molar-refractivity contribution in [3.63, 3.8) is 0 Å². The average molecular weight is 266 g/mol. The fourth-order valence-electron chi connectivity index (χ4n) is 0.983. The van der Waals surface area contributed by atoms with E-state index in [9.17, 15) is 4.79 Å². The summed E-state index contributed by atoms with van der Waals surface area (Å²) < 4.78 is 5.20. The highest BCUT2D eigenvalue weighted by Gasteiger charge is 2.16. The highest BCUT2D eigenvalue weighted by Crippen LogP contribution is 2.10. The molecule has 0 aliphatic rings. The number of halogens is 1. The van der Waals surface area contributed by atoms with E-state index >= 15 is 0 Å². The Morgan fingerprint density at radius 1 is 1.50 bits per heavy atom. The lowest BCUT2D eigenvalue weighted by molar-refractivity contribution is -0.155. The van der Waals surface area contributed by atoms with E-state index in [0.29, 0.717) is 12.5 Å². The highest BCUT2D eigenvalue weighted by atomic mass is 79.9. The van der Waals surface area contributed by atoms with Crippen LogP contribution in [0.25, 0.3) is 0 Å². The summed E-state index contributed by atoms with van der Waals surface area (Å²) in [5, 5.41) is 3.97. The maximum absolute atomic E-state index is 11.3. The Morgan fingerprint density at radius 2 is 2.07 bits per heavy atom. The summed E-state index contributed by atoms with van der Waals surface area (Å²) in [7, 11) is 1.89. The van der Waals surface area contributed by atoms with Gasteiger partial charge in [-0.3, -0.25) is 4.79 Å². The molecule has 0 unspecified atom stereocenters. The van der Waals surface area contributed by atoms with Gasteiger partial charge in [0.2, 0.25) is 0 Å². The quantitative estimate of drug-likeness (QED) is 0.611. The topological polar surface area (TPSA) is 38.3 Å². The van der Waals surface area contributed by atoms with E-state index in [2.05, 4.69) is 21.2 Å². The van der Waals surface area contributed by atoms with Gasteiger partial charge in [0.25, 0.3) is 0 Å². The number of carbonyl (C=O) groups excluding carboxylic acids is 1. The molecule has 3 nitrogen and oxygen atoms in total. The molecule has 14 heavy (non-hydrogen) atoms. The van der Waals surface area contributed by atoms with Crippen LogP contribution in [0.1, 0.15) is 33.6 Å². The summed E-state index contributed by atoms with van der Waals surface area (Å²) in [4.78, 5) is 11.3. The summed E-state index contributed by atoms with van der Waals surface area (Å²) in [5.41, 5.74) is -0.374. The summed E-state index contributed by atoms with van der Waals surface area (Å²) in [5.74, 6) is -0.126. The molecule has 0 aromatic rings. The second-order valence-corrected chi connectivity index (χ2v) is 4.91. The number of nitrogens with one attached hydrogen (secondary N) is 1.